The van der Waals surface area contributed by atoms with Crippen LogP contribution in [0.15, 0.2) is 30.3 Å². The zero-order chi connectivity index (χ0) is 19.6. The standard InChI is InChI=1S/C24H47N2Si/c1-26(2,23-24-17-12-11-13-18-24)21-15-10-8-6-4-3-5-7-9-14-19-25-20-16-22-27/h11-13,17-18,25H,3-10,14-16,19-23H2,1-2,27H3/q+1. The van der Waals surface area contributed by atoms with Crippen molar-refractivity contribution in [3.63, 3.8) is 0 Å². The van der Waals surface area contributed by atoms with E-state index in [1.807, 2.05) is 0 Å². The van der Waals surface area contributed by atoms with E-state index < -0.39 is 0 Å². The van der Waals surface area contributed by atoms with Crippen molar-refractivity contribution in [2.24, 2.45) is 0 Å². The highest BCUT2D eigenvalue weighted by Gasteiger charge is 2.14. The van der Waals surface area contributed by atoms with Crippen LogP contribution >= 0.6 is 0 Å². The number of hydrogen-bond acceptors (Lipinski definition) is 1. The summed E-state index contributed by atoms with van der Waals surface area (Å²) in [7, 11) is 6.10. The van der Waals surface area contributed by atoms with Crippen LogP contribution < -0.4 is 5.32 Å². The van der Waals surface area contributed by atoms with Crippen molar-refractivity contribution in [1.82, 2.24) is 5.32 Å². The molecular weight excluding hydrogens is 344 g/mol. The molecule has 27 heavy (non-hydrogen) atoms. The molecule has 1 N–H and O–H groups in total. The summed E-state index contributed by atoms with van der Waals surface area (Å²) < 4.78 is 1.11. The zero-order valence-electron chi connectivity index (χ0n) is 18.6. The van der Waals surface area contributed by atoms with E-state index in [1.165, 1.54) is 112 Å². The fourth-order valence-electron chi connectivity index (χ4n) is 3.79. The van der Waals surface area contributed by atoms with E-state index in [1.54, 1.807) is 0 Å². The smallest absolute Gasteiger partial charge is 0.104 e. The maximum absolute atomic E-state index is 3.56. The summed E-state index contributed by atoms with van der Waals surface area (Å²) in [5.41, 5.74) is 1.46. The van der Waals surface area contributed by atoms with Crippen molar-refractivity contribution in [3.8, 4) is 0 Å². The second-order valence-electron chi connectivity index (χ2n) is 8.94. The topological polar surface area (TPSA) is 12.0 Å². The normalized spacial score (nSPS) is 11.9. The third-order valence-electron chi connectivity index (χ3n) is 5.53. The third-order valence-corrected chi connectivity index (χ3v) is 6.23. The molecule has 0 aliphatic heterocycles. The van der Waals surface area contributed by atoms with Gasteiger partial charge in [-0.1, -0.05) is 81.3 Å². The highest BCUT2D eigenvalue weighted by Crippen LogP contribution is 2.14. The predicted octanol–water partition coefficient (Wildman–Crippen LogP) is 4.93. The Morgan fingerprint density at radius 2 is 1.22 bits per heavy atom. The van der Waals surface area contributed by atoms with Crippen molar-refractivity contribution >= 4 is 10.2 Å². The van der Waals surface area contributed by atoms with Gasteiger partial charge in [-0.05, 0) is 38.8 Å². The maximum Gasteiger partial charge on any atom is 0.104 e. The van der Waals surface area contributed by atoms with E-state index in [0.29, 0.717) is 0 Å². The van der Waals surface area contributed by atoms with Gasteiger partial charge in [0, 0.05) is 15.8 Å². The lowest BCUT2D eigenvalue weighted by Gasteiger charge is -2.30. The van der Waals surface area contributed by atoms with Gasteiger partial charge in [-0.2, -0.15) is 0 Å². The summed E-state index contributed by atoms with van der Waals surface area (Å²) in [5.74, 6) is 0. The molecule has 0 fully saturated rings. The minimum Gasteiger partial charge on any atom is -0.325 e. The van der Waals surface area contributed by atoms with Crippen LogP contribution in [0.5, 0.6) is 0 Å². The Balaban J connectivity index is 1.85. The molecule has 0 radical (unpaired) electrons. The fourth-order valence-corrected chi connectivity index (χ4v) is 4.14. The molecule has 0 saturated carbocycles. The van der Waals surface area contributed by atoms with Crippen molar-refractivity contribution in [3.05, 3.63) is 35.9 Å². The van der Waals surface area contributed by atoms with Gasteiger partial charge in [0.25, 0.3) is 0 Å². The number of nitrogens with zero attached hydrogens (tertiary/aromatic N) is 1. The average molecular weight is 392 g/mol. The number of benzene rings is 1. The SMILES string of the molecule is C[N+](C)(CCCCCCCCCCCCNCCC[SiH3])Cc1ccccc1. The Hall–Kier alpha value is -0.643. The highest BCUT2D eigenvalue weighted by atomic mass is 28.1. The second kappa shape index (κ2) is 16.3. The molecule has 3 heteroatoms. The van der Waals surface area contributed by atoms with Gasteiger partial charge in [0.2, 0.25) is 0 Å². The largest absolute Gasteiger partial charge is 0.325 e. The third kappa shape index (κ3) is 15.0. The first-order valence-corrected chi connectivity index (χ1v) is 13.1. The molecule has 2 nitrogen and oxygen atoms in total. The van der Waals surface area contributed by atoms with E-state index in [0.717, 1.165) is 11.0 Å². The summed E-state index contributed by atoms with van der Waals surface area (Å²) in [6.07, 6.45) is 15.6. The van der Waals surface area contributed by atoms with Gasteiger partial charge in [0.15, 0.2) is 0 Å². The summed E-state index contributed by atoms with van der Waals surface area (Å²) in [5, 5.41) is 3.56. The van der Waals surface area contributed by atoms with Crippen molar-refractivity contribution in [2.45, 2.75) is 83.2 Å². The first kappa shape index (κ1) is 24.4. The molecule has 0 heterocycles. The molecule has 0 spiro atoms. The van der Waals surface area contributed by atoms with Gasteiger partial charge in [-0.3, -0.25) is 0 Å². The van der Waals surface area contributed by atoms with E-state index in [-0.39, 0.29) is 0 Å². The number of quaternary nitrogens is 1. The average Bonchev–Trinajstić information content (AvgIpc) is 2.65. The van der Waals surface area contributed by atoms with Gasteiger partial charge >= 0.3 is 0 Å². The Labute approximate surface area is 173 Å². The van der Waals surface area contributed by atoms with E-state index in [4.69, 9.17) is 0 Å². The van der Waals surface area contributed by atoms with E-state index in [2.05, 4.69) is 49.7 Å². The van der Waals surface area contributed by atoms with Crippen LogP contribution in [-0.2, 0) is 6.54 Å². The molecule has 0 atom stereocenters. The van der Waals surface area contributed by atoms with Crippen molar-refractivity contribution in [2.75, 3.05) is 33.7 Å². The van der Waals surface area contributed by atoms with Gasteiger partial charge < -0.3 is 9.80 Å². The number of nitrogens with one attached hydrogen (secondary N) is 1. The van der Waals surface area contributed by atoms with E-state index >= 15 is 0 Å². The van der Waals surface area contributed by atoms with Crippen molar-refractivity contribution in [1.29, 1.82) is 0 Å². The second-order valence-corrected chi connectivity index (χ2v) is 9.94. The molecule has 1 aromatic carbocycles. The molecule has 0 aliphatic rings. The predicted molar refractivity (Wildman–Crippen MR) is 126 cm³/mol. The molecule has 0 amide bonds. The summed E-state index contributed by atoms with van der Waals surface area (Å²) in [6, 6.07) is 12.4. The Morgan fingerprint density at radius 1 is 0.704 bits per heavy atom. The van der Waals surface area contributed by atoms with Crippen molar-refractivity contribution < 1.29 is 4.48 Å². The van der Waals surface area contributed by atoms with E-state index in [9.17, 15) is 0 Å². The summed E-state index contributed by atoms with van der Waals surface area (Å²) in [6.45, 7) is 4.92. The van der Waals surface area contributed by atoms with Crippen LogP contribution in [0.3, 0.4) is 0 Å². The lowest BCUT2D eigenvalue weighted by Crippen LogP contribution is -2.39. The quantitative estimate of drug-likeness (QED) is 0.213. The van der Waals surface area contributed by atoms with Gasteiger partial charge in [0.1, 0.15) is 6.54 Å². The minimum atomic E-state index is 1.11. The molecule has 0 aromatic heterocycles. The fraction of sp³-hybridized carbons (Fsp3) is 0.750. The van der Waals surface area contributed by atoms with Gasteiger partial charge in [-0.25, -0.2) is 0 Å². The molecule has 1 rings (SSSR count). The number of rotatable bonds is 18. The zero-order valence-corrected chi connectivity index (χ0v) is 20.6. The van der Waals surface area contributed by atoms with Crippen LogP contribution in [0.4, 0.5) is 0 Å². The van der Waals surface area contributed by atoms with Crippen LogP contribution in [0, 0.1) is 0 Å². The number of unbranched alkanes of at least 4 members (excludes halogenated alkanes) is 9. The molecule has 156 valence electrons. The van der Waals surface area contributed by atoms with Crippen LogP contribution in [0.2, 0.25) is 6.04 Å². The Morgan fingerprint density at radius 3 is 1.81 bits per heavy atom. The maximum atomic E-state index is 3.56. The van der Waals surface area contributed by atoms with Crippen LogP contribution in [0.1, 0.15) is 76.2 Å². The van der Waals surface area contributed by atoms with Gasteiger partial charge in [-0.15, -0.1) is 0 Å². The first-order valence-electron chi connectivity index (χ1n) is 11.7. The summed E-state index contributed by atoms with van der Waals surface area (Å²) in [4.78, 5) is 0. The van der Waals surface area contributed by atoms with Crippen LogP contribution in [-0.4, -0.2) is 48.5 Å². The lowest BCUT2D eigenvalue weighted by molar-refractivity contribution is -0.903. The number of hydrogen-bond donors (Lipinski definition) is 1. The van der Waals surface area contributed by atoms with Gasteiger partial charge in [0.05, 0.1) is 20.6 Å². The highest BCUT2D eigenvalue weighted by molar-refractivity contribution is 6.08. The Kier molecular flexibility index (Phi) is 14.7. The molecule has 0 bridgehead atoms. The monoisotopic (exact) mass is 391 g/mol. The Bertz CT molecular complexity index is 433. The lowest BCUT2D eigenvalue weighted by atomic mass is 10.1. The molecule has 1 aromatic rings. The molecule has 0 saturated heterocycles. The molecule has 0 aliphatic carbocycles. The molecule has 0 unspecified atom stereocenters. The summed E-state index contributed by atoms with van der Waals surface area (Å²) >= 11 is 0. The van der Waals surface area contributed by atoms with Crippen LogP contribution in [0.25, 0.3) is 0 Å². The minimum absolute atomic E-state index is 1.11. The molecular formula is C24H47N2Si+. The first-order chi connectivity index (χ1) is 13.1.